The third-order valence-corrected chi connectivity index (χ3v) is 3.89. The molecule has 7 heteroatoms. The molecule has 0 saturated heterocycles. The van der Waals surface area contributed by atoms with Crippen LogP contribution in [0.3, 0.4) is 0 Å². The van der Waals surface area contributed by atoms with Crippen molar-refractivity contribution in [1.29, 1.82) is 0 Å². The number of rotatable bonds is 6. The highest BCUT2D eigenvalue weighted by molar-refractivity contribution is 7.15. The Kier molecular flexibility index (Phi) is 4.61. The van der Waals surface area contributed by atoms with Crippen LogP contribution in [-0.4, -0.2) is 35.6 Å². The molecule has 1 atom stereocenters. The molecule has 20 heavy (non-hydrogen) atoms. The van der Waals surface area contributed by atoms with E-state index in [1.165, 1.54) is 7.11 Å². The van der Waals surface area contributed by atoms with E-state index in [1.807, 2.05) is 29.8 Å². The van der Waals surface area contributed by atoms with Crippen LogP contribution in [0.4, 0.5) is 0 Å². The number of methoxy groups -OCH3 is 2. The molecule has 0 bridgehead atoms. The molecule has 1 unspecified atom stereocenters. The average molecular weight is 297 g/mol. The van der Waals surface area contributed by atoms with Crippen molar-refractivity contribution in [3.63, 3.8) is 0 Å². The van der Waals surface area contributed by atoms with Crippen molar-refractivity contribution in [2.75, 3.05) is 14.2 Å². The van der Waals surface area contributed by atoms with E-state index in [2.05, 4.69) is 10.3 Å². The molecular formula is C13H19N3O3S. The summed E-state index contributed by atoms with van der Waals surface area (Å²) in [7, 11) is 2.99. The minimum Gasteiger partial charge on any atom is -0.480 e. The molecule has 0 aliphatic rings. The Labute approximate surface area is 121 Å². The van der Waals surface area contributed by atoms with Gasteiger partial charge in [0, 0.05) is 18.1 Å². The molecule has 0 fully saturated rings. The molecule has 0 radical (unpaired) electrons. The predicted octanol–water partition coefficient (Wildman–Crippen LogP) is 1.69. The van der Waals surface area contributed by atoms with Crippen LogP contribution in [0.15, 0.2) is 11.6 Å². The van der Waals surface area contributed by atoms with E-state index < -0.39 is 0 Å². The van der Waals surface area contributed by atoms with Gasteiger partial charge >= 0.3 is 5.97 Å². The monoisotopic (exact) mass is 297 g/mol. The topological polar surface area (TPSA) is 64.9 Å². The van der Waals surface area contributed by atoms with Crippen LogP contribution < -0.4 is 10.1 Å². The fraction of sp³-hybridized carbons (Fsp3) is 0.538. The lowest BCUT2D eigenvalue weighted by Crippen LogP contribution is -2.41. The number of ether oxygens (including phenoxy) is 2. The van der Waals surface area contributed by atoms with Crippen LogP contribution in [0.25, 0.3) is 4.96 Å². The van der Waals surface area contributed by atoms with Crippen LogP contribution in [0.1, 0.15) is 19.5 Å². The van der Waals surface area contributed by atoms with E-state index in [-0.39, 0.29) is 17.9 Å². The lowest BCUT2D eigenvalue weighted by atomic mass is 10.0. The van der Waals surface area contributed by atoms with Crippen molar-refractivity contribution in [3.05, 3.63) is 17.3 Å². The normalized spacial score (nSPS) is 12.8. The summed E-state index contributed by atoms with van der Waals surface area (Å²) in [5.74, 6) is 0.459. The van der Waals surface area contributed by atoms with Crippen LogP contribution >= 0.6 is 11.3 Å². The second-order valence-electron chi connectivity index (χ2n) is 4.75. The van der Waals surface area contributed by atoms with E-state index in [4.69, 9.17) is 9.47 Å². The molecule has 0 saturated carbocycles. The Balaban J connectivity index is 2.18. The smallest absolute Gasteiger partial charge is 0.323 e. The van der Waals surface area contributed by atoms with Crippen molar-refractivity contribution >= 4 is 22.3 Å². The van der Waals surface area contributed by atoms with Crippen LogP contribution in [-0.2, 0) is 16.1 Å². The molecule has 110 valence electrons. The van der Waals surface area contributed by atoms with E-state index in [0.29, 0.717) is 12.4 Å². The molecule has 0 aromatic carbocycles. The molecule has 0 spiro atoms. The molecule has 2 aromatic rings. The van der Waals surface area contributed by atoms with Crippen molar-refractivity contribution < 1.29 is 14.3 Å². The van der Waals surface area contributed by atoms with E-state index in [1.54, 1.807) is 18.4 Å². The van der Waals surface area contributed by atoms with E-state index in [0.717, 1.165) is 10.7 Å². The number of imidazole rings is 1. The van der Waals surface area contributed by atoms with Gasteiger partial charge in [-0.15, -0.1) is 11.3 Å². The number of carbonyl (C=O) groups is 1. The predicted molar refractivity (Wildman–Crippen MR) is 77.1 cm³/mol. The lowest BCUT2D eigenvalue weighted by molar-refractivity contribution is -0.144. The Morgan fingerprint density at radius 1 is 1.50 bits per heavy atom. The van der Waals surface area contributed by atoms with Crippen LogP contribution in [0.2, 0.25) is 0 Å². The highest BCUT2D eigenvalue weighted by Crippen LogP contribution is 2.23. The highest BCUT2D eigenvalue weighted by Gasteiger charge is 2.24. The second kappa shape index (κ2) is 6.23. The first-order valence-corrected chi connectivity index (χ1v) is 7.26. The standard InChI is InChI=1S/C13H19N3O3S/c1-8(2)10(12(17)19-4)14-7-9-11(18-3)15-13-16(9)5-6-20-13/h5-6,8,10,14H,7H2,1-4H3. The number of nitrogens with one attached hydrogen (secondary N) is 1. The van der Waals surface area contributed by atoms with Gasteiger partial charge in [-0.25, -0.2) is 0 Å². The van der Waals surface area contributed by atoms with Gasteiger partial charge in [-0.05, 0) is 5.92 Å². The van der Waals surface area contributed by atoms with Crippen molar-refractivity contribution in [3.8, 4) is 5.88 Å². The summed E-state index contributed by atoms with van der Waals surface area (Å²) in [6.07, 6.45) is 1.94. The van der Waals surface area contributed by atoms with Gasteiger partial charge in [0.05, 0.1) is 14.2 Å². The van der Waals surface area contributed by atoms with E-state index in [9.17, 15) is 4.79 Å². The zero-order valence-corrected chi connectivity index (χ0v) is 12.9. The highest BCUT2D eigenvalue weighted by atomic mass is 32.1. The van der Waals surface area contributed by atoms with Gasteiger partial charge in [-0.1, -0.05) is 13.8 Å². The van der Waals surface area contributed by atoms with E-state index >= 15 is 0 Å². The number of aromatic nitrogens is 2. The molecule has 2 heterocycles. The van der Waals surface area contributed by atoms with Gasteiger partial charge in [0.15, 0.2) is 4.96 Å². The number of fused-ring (bicyclic) bond motifs is 1. The number of hydrogen-bond acceptors (Lipinski definition) is 6. The molecule has 2 rings (SSSR count). The van der Waals surface area contributed by atoms with Crippen molar-refractivity contribution in [1.82, 2.24) is 14.7 Å². The minimum atomic E-state index is -0.353. The molecule has 1 N–H and O–H groups in total. The van der Waals surface area contributed by atoms with Crippen LogP contribution in [0, 0.1) is 5.92 Å². The fourth-order valence-electron chi connectivity index (χ4n) is 2.06. The fourth-order valence-corrected chi connectivity index (χ4v) is 2.79. The average Bonchev–Trinajstić information content (AvgIpc) is 2.99. The Morgan fingerprint density at radius 2 is 2.25 bits per heavy atom. The Morgan fingerprint density at radius 3 is 2.85 bits per heavy atom. The maximum Gasteiger partial charge on any atom is 0.323 e. The lowest BCUT2D eigenvalue weighted by Gasteiger charge is -2.19. The quantitative estimate of drug-likeness (QED) is 0.822. The van der Waals surface area contributed by atoms with Gasteiger partial charge in [0.25, 0.3) is 0 Å². The number of hydrogen-bond donors (Lipinski definition) is 1. The third kappa shape index (κ3) is 2.78. The van der Waals surface area contributed by atoms with Gasteiger partial charge in [-0.2, -0.15) is 4.98 Å². The second-order valence-corrected chi connectivity index (χ2v) is 5.62. The summed E-state index contributed by atoms with van der Waals surface area (Å²) in [4.78, 5) is 17.0. The first-order chi connectivity index (χ1) is 9.58. The summed E-state index contributed by atoms with van der Waals surface area (Å²) in [5.41, 5.74) is 0.901. The Hall–Kier alpha value is -1.60. The van der Waals surface area contributed by atoms with Gasteiger partial charge in [0.2, 0.25) is 5.88 Å². The first-order valence-electron chi connectivity index (χ1n) is 6.38. The number of carbonyl (C=O) groups excluding carboxylic acids is 1. The minimum absolute atomic E-state index is 0.138. The third-order valence-electron chi connectivity index (χ3n) is 3.13. The summed E-state index contributed by atoms with van der Waals surface area (Å²) in [6, 6.07) is -0.353. The largest absolute Gasteiger partial charge is 0.480 e. The maximum atomic E-state index is 11.7. The van der Waals surface area contributed by atoms with Gasteiger partial charge < -0.3 is 9.47 Å². The molecule has 2 aromatic heterocycles. The Bertz CT molecular complexity index is 591. The maximum absolute atomic E-state index is 11.7. The van der Waals surface area contributed by atoms with Gasteiger partial charge in [0.1, 0.15) is 11.7 Å². The summed E-state index contributed by atoms with van der Waals surface area (Å²) < 4.78 is 12.1. The zero-order chi connectivity index (χ0) is 14.7. The zero-order valence-electron chi connectivity index (χ0n) is 12.0. The number of nitrogens with zero attached hydrogens (tertiary/aromatic N) is 2. The van der Waals surface area contributed by atoms with Crippen molar-refractivity contribution in [2.45, 2.75) is 26.4 Å². The van der Waals surface area contributed by atoms with Gasteiger partial charge in [-0.3, -0.25) is 14.5 Å². The molecule has 0 amide bonds. The SMILES string of the molecule is COC(=O)C(NCc1c(OC)nc2sccn12)C(C)C. The summed E-state index contributed by atoms with van der Waals surface area (Å²) in [6.45, 7) is 4.43. The summed E-state index contributed by atoms with van der Waals surface area (Å²) in [5, 5.41) is 5.18. The summed E-state index contributed by atoms with van der Waals surface area (Å²) >= 11 is 1.54. The molecular weight excluding hydrogens is 278 g/mol. The number of thiazole rings is 1. The van der Waals surface area contributed by atoms with Crippen molar-refractivity contribution in [2.24, 2.45) is 5.92 Å². The van der Waals surface area contributed by atoms with Crippen LogP contribution in [0.5, 0.6) is 5.88 Å². The first kappa shape index (κ1) is 14.8. The molecule has 0 aliphatic heterocycles. The molecule has 0 aliphatic carbocycles. The number of esters is 1. The molecule has 6 nitrogen and oxygen atoms in total.